The second-order valence-electron chi connectivity index (χ2n) is 2.18. The molecule has 0 saturated carbocycles. The Morgan fingerprint density at radius 2 is 2.00 bits per heavy atom. The SMILES string of the molecule is Cc1nc[c]([RaH])nc1C. The summed E-state index contributed by atoms with van der Waals surface area (Å²) in [7, 11) is 0. The van der Waals surface area contributed by atoms with Gasteiger partial charge in [0.05, 0.1) is 0 Å². The fourth-order valence-corrected chi connectivity index (χ4v) is 2.57. The van der Waals surface area contributed by atoms with Crippen LogP contribution in [0.15, 0.2) is 6.20 Å². The first-order chi connectivity index (χ1) is 4.20. The molecule has 2 nitrogen and oxygen atoms in total. The van der Waals surface area contributed by atoms with Gasteiger partial charge in [0.15, 0.2) is 0 Å². The molecule has 0 atom stereocenters. The van der Waals surface area contributed by atoms with Crippen LogP contribution < -0.4 is 0.735 Å². The van der Waals surface area contributed by atoms with Crippen LogP contribution in [-0.2, 0) is 0 Å². The van der Waals surface area contributed by atoms with E-state index >= 15 is 0 Å². The average molecular weight is 334 g/mol. The van der Waals surface area contributed by atoms with Gasteiger partial charge in [0, 0.05) is 0 Å². The van der Waals surface area contributed by atoms with Crippen molar-refractivity contribution in [2.24, 2.45) is 0 Å². The summed E-state index contributed by atoms with van der Waals surface area (Å²) in [5.74, 6) is 0. The topological polar surface area (TPSA) is 25.8 Å². The van der Waals surface area contributed by atoms with Gasteiger partial charge in [-0.25, -0.2) is 0 Å². The molecule has 0 N–H and O–H groups in total. The van der Waals surface area contributed by atoms with Gasteiger partial charge < -0.3 is 0 Å². The molecule has 3 heteroatoms. The van der Waals surface area contributed by atoms with Crippen LogP contribution in [0.4, 0.5) is 0 Å². The Morgan fingerprint density at radius 1 is 1.33 bits per heavy atom. The first kappa shape index (κ1) is 7.65. The average Bonchev–Trinajstić information content (AvgIpc) is 1.80. The van der Waals surface area contributed by atoms with E-state index in [1.54, 1.807) is 0 Å². The molecule has 44 valence electrons. The van der Waals surface area contributed by atoms with E-state index in [9.17, 15) is 0 Å². The van der Waals surface area contributed by atoms with Crippen LogP contribution in [0.2, 0.25) is 0 Å². The zero-order valence-electron chi connectivity index (χ0n) is 5.97. The molecule has 1 aromatic rings. The Labute approximate surface area is 83.9 Å². The first-order valence-electron chi connectivity index (χ1n) is 2.97. The summed E-state index contributed by atoms with van der Waals surface area (Å²) in [5, 5.41) is 0. The molecule has 0 spiro atoms. The van der Waals surface area contributed by atoms with E-state index in [0.29, 0.717) is 42.8 Å². The van der Waals surface area contributed by atoms with Crippen molar-refractivity contribution in [3.05, 3.63) is 17.6 Å². The molecule has 9 heavy (non-hydrogen) atoms. The molecule has 1 aromatic heterocycles. The van der Waals surface area contributed by atoms with Gasteiger partial charge in [0.25, 0.3) is 0 Å². The molecule has 1 rings (SSSR count). The van der Waals surface area contributed by atoms with Crippen molar-refractivity contribution in [3.63, 3.8) is 0 Å². The molecule has 0 unspecified atom stereocenters. The second-order valence-corrected chi connectivity index (χ2v) is 6.39. The number of hydrogen-bond acceptors (Lipinski definition) is 2. The third-order valence-electron chi connectivity index (χ3n) is 1.31. The summed E-state index contributed by atoms with van der Waals surface area (Å²) < 4.78 is 1.21. The third kappa shape index (κ3) is 2.00. The van der Waals surface area contributed by atoms with Crippen molar-refractivity contribution in [1.29, 1.82) is 0 Å². The Kier molecular flexibility index (Phi) is 2.63. The van der Waals surface area contributed by atoms with E-state index in [-0.39, 0.29) is 0 Å². The quantitative estimate of drug-likeness (QED) is 0.668. The number of hydrogen-bond donors (Lipinski definition) is 0. The van der Waals surface area contributed by atoms with Crippen LogP contribution >= 0.6 is 0 Å². The van der Waals surface area contributed by atoms with Crippen molar-refractivity contribution in [1.82, 2.24) is 9.97 Å². The van der Waals surface area contributed by atoms with Gasteiger partial charge in [-0.3, -0.25) is 0 Å². The van der Waals surface area contributed by atoms with Crippen molar-refractivity contribution < 1.29 is 42.8 Å². The van der Waals surface area contributed by atoms with E-state index in [4.69, 9.17) is 0 Å². The van der Waals surface area contributed by atoms with Crippen molar-refractivity contribution >= 4 is 0.735 Å². The van der Waals surface area contributed by atoms with Crippen LogP contribution in [0.5, 0.6) is 0 Å². The van der Waals surface area contributed by atoms with E-state index in [1.807, 2.05) is 20.0 Å². The minimum absolute atomic E-state index is 0.378. The molecule has 1 heterocycles. The fraction of sp³-hybridized carbons (Fsp3) is 0.333. The Bertz CT molecular complexity index is 222. The Balaban J connectivity index is 3.17. The molecule has 0 bridgehead atoms. The van der Waals surface area contributed by atoms with Crippen molar-refractivity contribution in [3.8, 4) is 0 Å². The van der Waals surface area contributed by atoms with Crippen molar-refractivity contribution in [2.45, 2.75) is 13.8 Å². The first-order valence-corrected chi connectivity index (χ1v) is 7.08. The van der Waals surface area contributed by atoms with Crippen LogP contribution in [0.1, 0.15) is 11.4 Å². The van der Waals surface area contributed by atoms with Gasteiger partial charge in [-0.05, 0) is 0 Å². The van der Waals surface area contributed by atoms with Gasteiger partial charge in [-0.2, -0.15) is 0 Å². The zero-order chi connectivity index (χ0) is 6.85. The Hall–Kier alpha value is 0.548. The number of nitrogens with zero attached hydrogens (tertiary/aromatic N) is 2. The van der Waals surface area contributed by atoms with Crippen LogP contribution in [0, 0.1) is 56.6 Å². The summed E-state index contributed by atoms with van der Waals surface area (Å²) in [4.78, 5) is 8.49. The fourth-order valence-electron chi connectivity index (χ4n) is 0.658. The van der Waals surface area contributed by atoms with E-state index in [2.05, 4.69) is 9.97 Å². The maximum atomic E-state index is 4.31. The van der Waals surface area contributed by atoms with Crippen molar-refractivity contribution in [2.75, 3.05) is 0 Å². The van der Waals surface area contributed by atoms with Gasteiger partial charge in [-0.1, -0.05) is 0 Å². The molecule has 0 aliphatic rings. The van der Waals surface area contributed by atoms with E-state index in [0.717, 1.165) is 11.4 Å². The predicted octanol–water partition coefficient (Wildman–Crippen LogP) is 0.000340. The molecular formula is C6H8N2Ra. The van der Waals surface area contributed by atoms with Crippen LogP contribution in [0.3, 0.4) is 0 Å². The number of aromatic nitrogens is 2. The molecule has 0 aliphatic heterocycles. The Morgan fingerprint density at radius 3 is 2.44 bits per heavy atom. The minimum atomic E-state index is 0.378. The third-order valence-corrected chi connectivity index (χ3v) is 3.29. The molecular weight excluding hydrogens is 326 g/mol. The number of rotatable bonds is 0. The molecule has 0 amide bonds. The monoisotopic (exact) mass is 334 g/mol. The maximum absolute atomic E-state index is 4.31. The summed E-state index contributed by atoms with van der Waals surface area (Å²) in [6, 6.07) is 0. The van der Waals surface area contributed by atoms with E-state index in [1.165, 1.54) is 0.735 Å². The zero-order valence-corrected chi connectivity index (χ0v) is 14.2. The van der Waals surface area contributed by atoms with Crippen LogP contribution in [-0.4, -0.2) is 9.97 Å². The number of aryl methyl sites for hydroxylation is 2. The second kappa shape index (κ2) is 3.09. The van der Waals surface area contributed by atoms with Gasteiger partial charge >= 0.3 is 84.9 Å². The summed E-state index contributed by atoms with van der Waals surface area (Å²) in [6.07, 6.45) is 1.88. The van der Waals surface area contributed by atoms with Gasteiger partial charge in [0.1, 0.15) is 0 Å². The van der Waals surface area contributed by atoms with Gasteiger partial charge in [-0.15, -0.1) is 0 Å². The molecule has 0 saturated heterocycles. The molecule has 0 aliphatic carbocycles. The summed E-state index contributed by atoms with van der Waals surface area (Å²) >= 11 is 0.378. The van der Waals surface area contributed by atoms with E-state index < -0.39 is 0 Å². The molecule has 0 fully saturated rings. The summed E-state index contributed by atoms with van der Waals surface area (Å²) in [6.45, 7) is 3.99. The van der Waals surface area contributed by atoms with Gasteiger partial charge in [0.2, 0.25) is 0 Å². The normalized spacial score (nSPS) is 9.44. The van der Waals surface area contributed by atoms with Crippen LogP contribution in [0.25, 0.3) is 0 Å². The standard InChI is InChI=1S/C6H7N2.Ra.H/c1-5-6(2)8-4-3-7-5;;/h3H,1-2H3;;. The summed E-state index contributed by atoms with van der Waals surface area (Å²) in [5.41, 5.74) is 2.13. The molecule has 0 aromatic carbocycles. The molecule has 0 radical (unpaired) electrons. The predicted molar refractivity (Wildman–Crippen MR) is 32.5 cm³/mol.